The number of nitrogens with zero attached hydrogens (tertiary/aromatic N) is 2. The van der Waals surface area contributed by atoms with Gasteiger partial charge in [0.2, 0.25) is 11.8 Å². The average molecular weight is 460 g/mol. The maximum absolute atomic E-state index is 13.3. The highest BCUT2D eigenvalue weighted by Gasteiger charge is 2.40. The van der Waals surface area contributed by atoms with Crippen molar-refractivity contribution in [1.29, 1.82) is 0 Å². The van der Waals surface area contributed by atoms with Crippen LogP contribution in [0.15, 0.2) is 83.9 Å². The zero-order chi connectivity index (χ0) is 22.6. The number of hydrogen-bond donors (Lipinski definition) is 1. The highest BCUT2D eigenvalue weighted by Crippen LogP contribution is 2.36. The summed E-state index contributed by atoms with van der Waals surface area (Å²) in [5.74, 6) is 0.823. The van der Waals surface area contributed by atoms with Crippen LogP contribution >= 0.6 is 11.8 Å². The van der Waals surface area contributed by atoms with E-state index in [0.29, 0.717) is 35.6 Å². The van der Waals surface area contributed by atoms with Gasteiger partial charge in [-0.25, -0.2) is 4.99 Å². The second kappa shape index (κ2) is 9.38. The maximum atomic E-state index is 13.3. The third-order valence-electron chi connectivity index (χ3n) is 5.13. The minimum Gasteiger partial charge on any atom is -0.486 e. The van der Waals surface area contributed by atoms with Crippen LogP contribution in [0.4, 0.5) is 17.1 Å². The monoisotopic (exact) mass is 459 g/mol. The van der Waals surface area contributed by atoms with Gasteiger partial charge >= 0.3 is 0 Å². The molecule has 1 fully saturated rings. The number of rotatable bonds is 5. The Morgan fingerprint density at radius 3 is 2.42 bits per heavy atom. The SMILES string of the molecule is O=C(CC1SC(=Nc2ccccc2)N(c2ccccc2)C1=O)Nc1ccc2c(c1)OCCO2. The third kappa shape index (κ3) is 4.70. The third-order valence-corrected chi connectivity index (χ3v) is 6.26. The van der Waals surface area contributed by atoms with Crippen LogP contribution in [0.3, 0.4) is 0 Å². The van der Waals surface area contributed by atoms with Gasteiger partial charge in [-0.3, -0.25) is 14.5 Å². The molecule has 2 aliphatic heterocycles. The lowest BCUT2D eigenvalue weighted by Gasteiger charge is -2.19. The molecule has 0 bridgehead atoms. The molecule has 1 N–H and O–H groups in total. The number of ether oxygens (including phenoxy) is 2. The number of amidine groups is 1. The van der Waals surface area contributed by atoms with Crippen LogP contribution in [0.2, 0.25) is 0 Å². The van der Waals surface area contributed by atoms with Crippen LogP contribution in [0.25, 0.3) is 0 Å². The summed E-state index contributed by atoms with van der Waals surface area (Å²) in [4.78, 5) is 32.3. The molecule has 0 spiro atoms. The molecular formula is C25H21N3O4S. The summed E-state index contributed by atoms with van der Waals surface area (Å²) in [6, 6.07) is 24.1. The van der Waals surface area contributed by atoms with Gasteiger partial charge in [-0.05, 0) is 36.4 Å². The number of nitrogens with one attached hydrogen (secondary N) is 1. The predicted molar refractivity (Wildman–Crippen MR) is 130 cm³/mol. The van der Waals surface area contributed by atoms with Gasteiger partial charge in [-0.1, -0.05) is 48.2 Å². The van der Waals surface area contributed by atoms with Gasteiger partial charge in [0.05, 0.1) is 11.4 Å². The second-order valence-corrected chi connectivity index (χ2v) is 8.63. The fraction of sp³-hybridized carbons (Fsp3) is 0.160. The second-order valence-electron chi connectivity index (χ2n) is 7.46. The summed E-state index contributed by atoms with van der Waals surface area (Å²) in [5.41, 5.74) is 2.06. The summed E-state index contributed by atoms with van der Waals surface area (Å²) < 4.78 is 11.1. The normalized spacial score (nSPS) is 18.4. The fourth-order valence-corrected chi connectivity index (χ4v) is 4.76. The zero-order valence-electron chi connectivity index (χ0n) is 17.6. The Kier molecular flexibility index (Phi) is 5.99. The Bertz CT molecular complexity index is 1200. The van der Waals surface area contributed by atoms with Crippen LogP contribution in [0, 0.1) is 0 Å². The number of carbonyl (C=O) groups is 2. The molecule has 8 heteroatoms. The van der Waals surface area contributed by atoms with E-state index in [1.807, 2.05) is 60.7 Å². The van der Waals surface area contributed by atoms with Crippen LogP contribution < -0.4 is 19.7 Å². The topological polar surface area (TPSA) is 80.2 Å². The Morgan fingerprint density at radius 1 is 0.970 bits per heavy atom. The highest BCUT2D eigenvalue weighted by atomic mass is 32.2. The first-order valence-corrected chi connectivity index (χ1v) is 11.4. The smallest absolute Gasteiger partial charge is 0.247 e. The minimum absolute atomic E-state index is 0.0229. The quantitative estimate of drug-likeness (QED) is 0.602. The Labute approximate surface area is 195 Å². The van der Waals surface area contributed by atoms with Gasteiger partial charge in [0.1, 0.15) is 18.5 Å². The van der Waals surface area contributed by atoms with Gasteiger partial charge in [0.15, 0.2) is 16.7 Å². The lowest BCUT2D eigenvalue weighted by molar-refractivity contribution is -0.121. The van der Waals surface area contributed by atoms with Crippen molar-refractivity contribution in [3.63, 3.8) is 0 Å². The number of fused-ring (bicyclic) bond motifs is 1. The number of amides is 2. The molecule has 0 aromatic heterocycles. The maximum Gasteiger partial charge on any atom is 0.247 e. The van der Waals surface area contributed by atoms with Crippen molar-refractivity contribution in [2.75, 3.05) is 23.4 Å². The number of benzene rings is 3. The fourth-order valence-electron chi connectivity index (χ4n) is 3.60. The van der Waals surface area contributed by atoms with Crippen LogP contribution in [-0.2, 0) is 9.59 Å². The Morgan fingerprint density at radius 2 is 1.67 bits per heavy atom. The first-order valence-electron chi connectivity index (χ1n) is 10.6. The van der Waals surface area contributed by atoms with Gasteiger partial charge in [0.25, 0.3) is 0 Å². The molecule has 2 aliphatic rings. The molecule has 1 saturated heterocycles. The van der Waals surface area contributed by atoms with Crippen molar-refractivity contribution in [1.82, 2.24) is 0 Å². The number of thioether (sulfide) groups is 1. The van der Waals surface area contributed by atoms with Crippen molar-refractivity contribution in [3.8, 4) is 11.5 Å². The predicted octanol–water partition coefficient (Wildman–Crippen LogP) is 4.62. The molecular weight excluding hydrogens is 438 g/mol. The van der Waals surface area contributed by atoms with Gasteiger partial charge in [0, 0.05) is 18.2 Å². The molecule has 5 rings (SSSR count). The van der Waals surface area contributed by atoms with Gasteiger partial charge in [-0.2, -0.15) is 0 Å². The highest BCUT2D eigenvalue weighted by molar-refractivity contribution is 8.16. The van der Waals surface area contributed by atoms with E-state index in [2.05, 4.69) is 10.3 Å². The lowest BCUT2D eigenvalue weighted by Crippen LogP contribution is -2.33. The Balaban J connectivity index is 1.34. The summed E-state index contributed by atoms with van der Waals surface area (Å²) in [5, 5.41) is 2.83. The number of anilines is 2. The van der Waals surface area contributed by atoms with Crippen molar-refractivity contribution in [2.24, 2.45) is 4.99 Å². The van der Waals surface area contributed by atoms with E-state index in [4.69, 9.17) is 9.47 Å². The molecule has 3 aromatic rings. The van der Waals surface area contributed by atoms with Crippen molar-refractivity contribution in [3.05, 3.63) is 78.9 Å². The van der Waals surface area contributed by atoms with Crippen LogP contribution in [-0.4, -0.2) is 35.4 Å². The lowest BCUT2D eigenvalue weighted by atomic mass is 10.2. The van der Waals surface area contributed by atoms with Crippen LogP contribution in [0.1, 0.15) is 6.42 Å². The minimum atomic E-state index is -0.579. The molecule has 1 atom stereocenters. The van der Waals surface area contributed by atoms with Crippen molar-refractivity contribution >= 4 is 45.8 Å². The molecule has 2 heterocycles. The molecule has 0 saturated carbocycles. The molecule has 0 radical (unpaired) electrons. The zero-order valence-corrected chi connectivity index (χ0v) is 18.5. The molecule has 3 aromatic carbocycles. The largest absolute Gasteiger partial charge is 0.486 e. The van der Waals surface area contributed by atoms with E-state index in [9.17, 15) is 9.59 Å². The van der Waals surface area contributed by atoms with Crippen LogP contribution in [0.5, 0.6) is 11.5 Å². The van der Waals surface area contributed by atoms with Gasteiger partial charge in [-0.15, -0.1) is 0 Å². The number of hydrogen-bond acceptors (Lipinski definition) is 6. The van der Waals surface area contributed by atoms with Gasteiger partial charge < -0.3 is 14.8 Å². The molecule has 7 nitrogen and oxygen atoms in total. The number of para-hydroxylation sites is 2. The number of aliphatic imine (C=N–C) groups is 1. The van der Waals surface area contributed by atoms with Crippen molar-refractivity contribution in [2.45, 2.75) is 11.7 Å². The van der Waals surface area contributed by atoms with E-state index in [1.54, 1.807) is 23.1 Å². The first kappa shape index (κ1) is 21.1. The van der Waals surface area contributed by atoms with Crippen molar-refractivity contribution < 1.29 is 19.1 Å². The molecule has 1 unspecified atom stereocenters. The number of carbonyl (C=O) groups excluding carboxylic acids is 2. The standard InChI is InChI=1S/C25H21N3O4S/c29-23(26-18-11-12-20-21(15-18)32-14-13-31-20)16-22-24(30)28(19-9-5-2-6-10-19)25(33-22)27-17-7-3-1-4-8-17/h1-12,15,22H,13-14,16H2,(H,26,29). The first-order chi connectivity index (χ1) is 16.2. The summed E-state index contributed by atoms with van der Waals surface area (Å²) in [7, 11) is 0. The molecule has 0 aliphatic carbocycles. The molecule has 166 valence electrons. The van der Waals surface area contributed by atoms with E-state index in [1.165, 1.54) is 11.8 Å². The molecule has 33 heavy (non-hydrogen) atoms. The van der Waals surface area contributed by atoms with E-state index in [-0.39, 0.29) is 18.2 Å². The average Bonchev–Trinajstić information content (AvgIpc) is 3.14. The van der Waals surface area contributed by atoms with E-state index >= 15 is 0 Å². The summed E-state index contributed by atoms with van der Waals surface area (Å²) in [6.07, 6.45) is 0.0229. The molecule has 2 amide bonds. The Hall–Kier alpha value is -3.78. The van der Waals surface area contributed by atoms with E-state index < -0.39 is 5.25 Å². The summed E-state index contributed by atoms with van der Waals surface area (Å²) >= 11 is 1.30. The van der Waals surface area contributed by atoms with E-state index in [0.717, 1.165) is 11.4 Å². The summed E-state index contributed by atoms with van der Waals surface area (Å²) in [6.45, 7) is 0.973.